The molecule has 0 aliphatic rings. The zero-order valence-corrected chi connectivity index (χ0v) is 10.9. The monoisotopic (exact) mass is 250 g/mol. The molecule has 0 aliphatic carbocycles. The molecule has 19 heavy (non-hydrogen) atoms. The molecule has 2 aromatic heterocycles. The highest BCUT2D eigenvalue weighted by molar-refractivity contribution is 5.85. The number of hydrogen-bond donors (Lipinski definition) is 0. The van der Waals surface area contributed by atoms with Crippen LogP contribution in [0.3, 0.4) is 0 Å². The zero-order valence-electron chi connectivity index (χ0n) is 10.9. The molecular formula is C15H14N4. The summed E-state index contributed by atoms with van der Waals surface area (Å²) in [7, 11) is 3.91. The van der Waals surface area contributed by atoms with Gasteiger partial charge < -0.3 is 9.13 Å². The highest BCUT2D eigenvalue weighted by Gasteiger charge is 2.21. The fraction of sp³-hybridized carbons (Fsp3) is 0.200. The molecule has 0 spiro atoms. The van der Waals surface area contributed by atoms with E-state index in [1.54, 1.807) is 6.20 Å². The van der Waals surface area contributed by atoms with Crippen LogP contribution in [-0.2, 0) is 14.1 Å². The van der Waals surface area contributed by atoms with Gasteiger partial charge in [-0.1, -0.05) is 18.2 Å². The molecule has 0 N–H and O–H groups in total. The number of nitrogens with zero attached hydrogens (tertiary/aromatic N) is 4. The number of nitriles is 1. The average molecular weight is 250 g/mol. The van der Waals surface area contributed by atoms with Crippen LogP contribution in [0.5, 0.6) is 0 Å². The normalized spacial score (nSPS) is 12.5. The SMILES string of the molecule is Cn1ccnc1C(C#N)c1cn(C)c2ccccc12. The number of rotatable bonds is 2. The Morgan fingerprint density at radius 1 is 1.21 bits per heavy atom. The molecule has 0 saturated carbocycles. The van der Waals surface area contributed by atoms with E-state index in [9.17, 15) is 5.26 Å². The summed E-state index contributed by atoms with van der Waals surface area (Å²) in [6.07, 6.45) is 5.61. The van der Waals surface area contributed by atoms with Gasteiger partial charge in [-0.25, -0.2) is 4.98 Å². The van der Waals surface area contributed by atoms with Crippen molar-refractivity contribution in [1.29, 1.82) is 5.26 Å². The van der Waals surface area contributed by atoms with Crippen LogP contribution in [0.2, 0.25) is 0 Å². The lowest BCUT2D eigenvalue weighted by molar-refractivity contribution is 0.783. The van der Waals surface area contributed by atoms with E-state index in [0.717, 1.165) is 22.3 Å². The third-order valence-corrected chi connectivity index (χ3v) is 3.48. The Morgan fingerprint density at radius 2 is 2.00 bits per heavy atom. The van der Waals surface area contributed by atoms with E-state index in [-0.39, 0.29) is 5.92 Å². The van der Waals surface area contributed by atoms with Crippen molar-refractivity contribution >= 4 is 10.9 Å². The molecule has 1 unspecified atom stereocenters. The number of fused-ring (bicyclic) bond motifs is 1. The Hall–Kier alpha value is -2.54. The van der Waals surface area contributed by atoms with Gasteiger partial charge in [0.05, 0.1) is 6.07 Å². The summed E-state index contributed by atoms with van der Waals surface area (Å²) >= 11 is 0. The molecule has 2 heterocycles. The van der Waals surface area contributed by atoms with Crippen molar-refractivity contribution in [3.63, 3.8) is 0 Å². The lowest BCUT2D eigenvalue weighted by Gasteiger charge is -2.08. The van der Waals surface area contributed by atoms with E-state index in [2.05, 4.69) is 27.8 Å². The predicted octanol–water partition coefficient (Wildman–Crippen LogP) is 2.57. The summed E-state index contributed by atoms with van der Waals surface area (Å²) in [5.41, 5.74) is 2.14. The quantitative estimate of drug-likeness (QED) is 0.701. The molecule has 0 bridgehead atoms. The Morgan fingerprint density at radius 3 is 2.68 bits per heavy atom. The van der Waals surface area contributed by atoms with E-state index < -0.39 is 0 Å². The number of hydrogen-bond acceptors (Lipinski definition) is 2. The molecule has 0 aliphatic heterocycles. The number of aryl methyl sites for hydroxylation is 2. The molecule has 0 fully saturated rings. The third kappa shape index (κ3) is 1.71. The van der Waals surface area contributed by atoms with Gasteiger partial charge in [0.25, 0.3) is 0 Å². The molecule has 1 aromatic carbocycles. The van der Waals surface area contributed by atoms with Gasteiger partial charge in [0.2, 0.25) is 0 Å². The molecule has 4 nitrogen and oxygen atoms in total. The van der Waals surface area contributed by atoms with Crippen molar-refractivity contribution in [3.05, 3.63) is 54.2 Å². The number of benzene rings is 1. The molecule has 4 heteroatoms. The second kappa shape index (κ2) is 4.29. The van der Waals surface area contributed by atoms with Gasteiger partial charge in [-0.2, -0.15) is 5.26 Å². The van der Waals surface area contributed by atoms with Gasteiger partial charge in [0.15, 0.2) is 0 Å². The summed E-state index contributed by atoms with van der Waals surface area (Å²) in [4.78, 5) is 4.31. The molecule has 3 rings (SSSR count). The minimum Gasteiger partial charge on any atom is -0.350 e. The third-order valence-electron chi connectivity index (χ3n) is 3.48. The van der Waals surface area contributed by atoms with Gasteiger partial charge in [0, 0.05) is 49.2 Å². The average Bonchev–Trinajstić information content (AvgIpc) is 2.98. The van der Waals surface area contributed by atoms with E-state index in [4.69, 9.17) is 0 Å². The summed E-state index contributed by atoms with van der Waals surface area (Å²) < 4.78 is 3.95. The fourth-order valence-electron chi connectivity index (χ4n) is 2.52. The molecule has 94 valence electrons. The minimum absolute atomic E-state index is 0.342. The van der Waals surface area contributed by atoms with Crippen molar-refractivity contribution < 1.29 is 0 Å². The van der Waals surface area contributed by atoms with Crippen molar-refractivity contribution in [1.82, 2.24) is 14.1 Å². The van der Waals surface area contributed by atoms with Crippen molar-refractivity contribution in [2.45, 2.75) is 5.92 Å². The zero-order chi connectivity index (χ0) is 13.4. The molecule has 3 aromatic rings. The van der Waals surface area contributed by atoms with Gasteiger partial charge in [-0.15, -0.1) is 0 Å². The molecular weight excluding hydrogens is 236 g/mol. The van der Waals surface area contributed by atoms with Crippen LogP contribution < -0.4 is 0 Å². The van der Waals surface area contributed by atoms with Crippen LogP contribution in [0.25, 0.3) is 10.9 Å². The first-order chi connectivity index (χ1) is 9.22. The number of imidazole rings is 1. The van der Waals surface area contributed by atoms with E-state index in [0.29, 0.717) is 0 Å². The molecule has 0 saturated heterocycles. The van der Waals surface area contributed by atoms with Gasteiger partial charge >= 0.3 is 0 Å². The minimum atomic E-state index is -0.342. The molecule has 1 atom stereocenters. The maximum absolute atomic E-state index is 9.53. The summed E-state index contributed by atoms with van der Waals surface area (Å²) in [5, 5.41) is 10.6. The van der Waals surface area contributed by atoms with E-state index in [1.165, 1.54) is 0 Å². The maximum atomic E-state index is 9.53. The van der Waals surface area contributed by atoms with E-state index >= 15 is 0 Å². The topological polar surface area (TPSA) is 46.5 Å². The molecule has 0 radical (unpaired) electrons. The van der Waals surface area contributed by atoms with Gasteiger partial charge in [0.1, 0.15) is 11.7 Å². The Balaban J connectivity index is 2.24. The smallest absolute Gasteiger partial charge is 0.131 e. The Bertz CT molecular complexity index is 773. The van der Waals surface area contributed by atoms with E-state index in [1.807, 2.05) is 43.2 Å². The predicted molar refractivity (Wildman–Crippen MR) is 73.6 cm³/mol. The largest absolute Gasteiger partial charge is 0.350 e. The van der Waals surface area contributed by atoms with Gasteiger partial charge in [-0.3, -0.25) is 0 Å². The number of aromatic nitrogens is 3. The van der Waals surface area contributed by atoms with Crippen molar-refractivity contribution in [2.24, 2.45) is 14.1 Å². The van der Waals surface area contributed by atoms with Crippen molar-refractivity contribution in [2.75, 3.05) is 0 Å². The van der Waals surface area contributed by atoms with Crippen LogP contribution in [0.15, 0.2) is 42.9 Å². The standard InChI is InChI=1S/C15H14N4/c1-18-8-7-17-15(18)12(9-16)13-10-19(2)14-6-4-3-5-11(13)14/h3-8,10,12H,1-2H3. The van der Waals surface area contributed by atoms with Crippen LogP contribution in [0.4, 0.5) is 0 Å². The van der Waals surface area contributed by atoms with Crippen LogP contribution >= 0.6 is 0 Å². The summed E-state index contributed by atoms with van der Waals surface area (Å²) in [5.74, 6) is 0.435. The van der Waals surface area contributed by atoms with Crippen molar-refractivity contribution in [3.8, 4) is 6.07 Å². The summed E-state index contributed by atoms with van der Waals surface area (Å²) in [6.45, 7) is 0. The van der Waals surface area contributed by atoms with Crippen LogP contribution in [-0.4, -0.2) is 14.1 Å². The van der Waals surface area contributed by atoms with Gasteiger partial charge in [-0.05, 0) is 6.07 Å². The first kappa shape index (κ1) is 11.5. The Kier molecular flexibility index (Phi) is 2.60. The summed E-state index contributed by atoms with van der Waals surface area (Å²) in [6, 6.07) is 10.5. The highest BCUT2D eigenvalue weighted by atomic mass is 15.0. The fourth-order valence-corrected chi connectivity index (χ4v) is 2.52. The van der Waals surface area contributed by atoms with Crippen LogP contribution in [0, 0.1) is 11.3 Å². The Labute approximate surface area is 111 Å². The first-order valence-corrected chi connectivity index (χ1v) is 6.13. The highest BCUT2D eigenvalue weighted by Crippen LogP contribution is 2.30. The number of para-hydroxylation sites is 1. The maximum Gasteiger partial charge on any atom is 0.131 e. The lowest BCUT2D eigenvalue weighted by atomic mass is 9.99. The first-order valence-electron chi connectivity index (χ1n) is 6.13. The molecule has 0 amide bonds. The second-order valence-electron chi connectivity index (χ2n) is 4.67. The van der Waals surface area contributed by atoms with Crippen LogP contribution in [0.1, 0.15) is 17.3 Å². The lowest BCUT2D eigenvalue weighted by Crippen LogP contribution is -2.05. The second-order valence-corrected chi connectivity index (χ2v) is 4.67.